The van der Waals surface area contributed by atoms with Crippen LogP contribution in [0.3, 0.4) is 0 Å². The van der Waals surface area contributed by atoms with Crippen LogP contribution in [0.1, 0.15) is 51.1 Å². The number of hydrogen-bond acceptors (Lipinski definition) is 8. The van der Waals surface area contributed by atoms with E-state index in [0.717, 1.165) is 43.2 Å². The van der Waals surface area contributed by atoms with Crippen LogP contribution in [0.2, 0.25) is 0 Å². The summed E-state index contributed by atoms with van der Waals surface area (Å²) in [5, 5.41) is 0.907. The molecule has 2 N–H and O–H groups in total. The third-order valence-electron chi connectivity index (χ3n) is 8.34. The number of thiazole rings is 1. The van der Waals surface area contributed by atoms with Crippen LogP contribution >= 0.6 is 11.3 Å². The first-order valence-corrected chi connectivity index (χ1v) is 20.8. The van der Waals surface area contributed by atoms with Gasteiger partial charge in [0.05, 0.1) is 17.2 Å². The zero-order chi connectivity index (χ0) is 36.5. The van der Waals surface area contributed by atoms with Crippen molar-refractivity contribution in [3.8, 4) is 16.9 Å². The number of aryl methyl sites for hydroxylation is 2. The molecule has 13 heteroatoms. The number of fused-ring (bicyclic) bond motifs is 2. The van der Waals surface area contributed by atoms with Gasteiger partial charge in [-0.15, -0.1) is 0 Å². The van der Waals surface area contributed by atoms with Gasteiger partial charge in [-0.1, -0.05) is 74.6 Å². The van der Waals surface area contributed by atoms with Gasteiger partial charge >= 0.3 is 0 Å². The standard InChI is InChI=1S/C31H32N2O7S3.C6H15N/c1-22-10-13-29-27(18-22)33(15-7-17-43(37,38)39)31(41-29)20-23(2)19-30-32(14-6-16-42(34,35)36)26-21-25(11-12-28(26)40-30)24-8-4-3-5-9-24;1-4-7(5-2)6-3/h3-5,8-13,18-21H,6-7,14-17H2,1-2H3,(H-,34,35,36,37,38,39);4-6H2,1-3H3/p+1. The van der Waals surface area contributed by atoms with Crippen LogP contribution in [0.15, 0.2) is 84.3 Å². The van der Waals surface area contributed by atoms with Crippen molar-refractivity contribution in [2.24, 2.45) is 0 Å². The molecule has 0 unspecified atom stereocenters. The van der Waals surface area contributed by atoms with Gasteiger partial charge in [-0.05, 0) is 80.4 Å². The zero-order valence-corrected chi connectivity index (χ0v) is 31.8. The van der Waals surface area contributed by atoms with Crippen LogP contribution in [-0.4, -0.2) is 68.5 Å². The van der Waals surface area contributed by atoms with Gasteiger partial charge < -0.3 is 14.5 Å². The SMILES string of the molecule is CC(=Cc1sc2ccc(C)cc2[n+]1CCCS(=O)(=O)O)/C=C1\Oc2ccc(-c3ccccc3)cc2N1CCCS(=O)(=O)O.CCN(CC)CC. The molecule has 0 atom stereocenters. The van der Waals surface area contributed by atoms with E-state index in [9.17, 15) is 25.9 Å². The molecule has 50 heavy (non-hydrogen) atoms. The van der Waals surface area contributed by atoms with Crippen molar-refractivity contribution in [3.63, 3.8) is 0 Å². The Bertz CT molecular complexity index is 2030. The number of hydrogen-bond donors (Lipinski definition) is 2. The lowest BCUT2D eigenvalue weighted by Gasteiger charge is -2.18. The molecule has 1 aromatic heterocycles. The van der Waals surface area contributed by atoms with Crippen LogP contribution in [0.25, 0.3) is 27.4 Å². The highest BCUT2D eigenvalue weighted by atomic mass is 32.2. The Morgan fingerprint density at radius 3 is 2.16 bits per heavy atom. The fraction of sp³-hybridized carbons (Fsp3) is 0.378. The van der Waals surface area contributed by atoms with E-state index in [1.54, 1.807) is 11.3 Å². The quantitative estimate of drug-likeness (QED) is 0.102. The van der Waals surface area contributed by atoms with Gasteiger partial charge in [0.2, 0.25) is 11.4 Å². The summed E-state index contributed by atoms with van der Waals surface area (Å²) in [5.74, 6) is 0.469. The molecule has 1 aliphatic heterocycles. The first kappa shape index (κ1) is 39.2. The van der Waals surface area contributed by atoms with Gasteiger partial charge in [0, 0.05) is 31.2 Å². The Balaban J connectivity index is 0.000000727. The molecule has 0 fully saturated rings. The summed E-state index contributed by atoms with van der Waals surface area (Å²) in [4.78, 5) is 4.29. The summed E-state index contributed by atoms with van der Waals surface area (Å²) in [5.41, 5.74) is 5.75. The Hall–Kier alpha value is -3.59. The van der Waals surface area contributed by atoms with Gasteiger partial charge in [0.15, 0.2) is 12.3 Å². The average Bonchev–Trinajstić information content (AvgIpc) is 3.57. The van der Waals surface area contributed by atoms with Gasteiger partial charge in [0.1, 0.15) is 4.70 Å². The zero-order valence-electron chi connectivity index (χ0n) is 29.4. The first-order chi connectivity index (χ1) is 23.7. The molecule has 270 valence electrons. The molecule has 1 aliphatic rings. The maximum atomic E-state index is 11.4. The van der Waals surface area contributed by atoms with Crippen molar-refractivity contribution in [2.45, 2.75) is 54.0 Å². The molecule has 0 aliphatic carbocycles. The molecule has 0 amide bonds. The van der Waals surface area contributed by atoms with Crippen LogP contribution in [0.4, 0.5) is 5.69 Å². The molecule has 10 nitrogen and oxygen atoms in total. The molecule has 0 saturated carbocycles. The van der Waals surface area contributed by atoms with E-state index in [1.165, 1.54) is 19.6 Å². The van der Waals surface area contributed by atoms with Crippen molar-refractivity contribution in [3.05, 3.63) is 94.8 Å². The van der Waals surface area contributed by atoms with E-state index in [-0.39, 0.29) is 24.3 Å². The fourth-order valence-electron chi connectivity index (χ4n) is 5.71. The smallest absolute Gasteiger partial charge is 0.265 e. The minimum atomic E-state index is -4.12. The lowest BCUT2D eigenvalue weighted by atomic mass is 10.0. The van der Waals surface area contributed by atoms with Crippen LogP contribution < -0.4 is 14.2 Å². The first-order valence-electron chi connectivity index (χ1n) is 16.8. The molecule has 3 aromatic carbocycles. The highest BCUT2D eigenvalue weighted by molar-refractivity contribution is 7.86. The van der Waals surface area contributed by atoms with E-state index >= 15 is 0 Å². The maximum Gasteiger partial charge on any atom is 0.265 e. The fourth-order valence-corrected chi connectivity index (χ4v) is 7.88. The van der Waals surface area contributed by atoms with E-state index in [0.29, 0.717) is 24.7 Å². The van der Waals surface area contributed by atoms with Crippen molar-refractivity contribution in [1.29, 1.82) is 0 Å². The topological polar surface area (TPSA) is 128 Å². The van der Waals surface area contributed by atoms with Gasteiger partial charge in [0.25, 0.3) is 25.2 Å². The molecular weight excluding hydrogens is 695 g/mol. The average molecular weight is 743 g/mol. The number of nitrogens with zero attached hydrogens (tertiary/aromatic N) is 3. The van der Waals surface area contributed by atoms with E-state index < -0.39 is 20.2 Å². The highest BCUT2D eigenvalue weighted by Crippen LogP contribution is 2.42. The predicted molar refractivity (Wildman–Crippen MR) is 204 cm³/mol. The second-order valence-electron chi connectivity index (χ2n) is 12.1. The normalized spacial score (nSPS) is 14.2. The molecule has 5 rings (SSSR count). The molecular formula is C37H48N3O7S3+. The second kappa shape index (κ2) is 17.6. The summed E-state index contributed by atoms with van der Waals surface area (Å²) in [6, 6.07) is 21.9. The number of anilines is 1. The summed E-state index contributed by atoms with van der Waals surface area (Å²) in [6.45, 7) is 14.8. The van der Waals surface area contributed by atoms with Gasteiger partial charge in [-0.2, -0.15) is 21.4 Å². The van der Waals surface area contributed by atoms with E-state index in [2.05, 4.69) is 36.3 Å². The minimum Gasteiger partial charge on any atom is -0.439 e. The van der Waals surface area contributed by atoms with Crippen molar-refractivity contribution < 1.29 is 35.2 Å². The van der Waals surface area contributed by atoms with Crippen molar-refractivity contribution in [1.82, 2.24) is 4.90 Å². The number of aromatic nitrogens is 1. The lowest BCUT2D eigenvalue weighted by molar-refractivity contribution is -0.668. The van der Waals surface area contributed by atoms with Gasteiger partial charge in [-0.3, -0.25) is 9.11 Å². The largest absolute Gasteiger partial charge is 0.439 e. The van der Waals surface area contributed by atoms with Crippen LogP contribution in [0.5, 0.6) is 5.75 Å². The van der Waals surface area contributed by atoms with Crippen LogP contribution in [0, 0.1) is 6.92 Å². The van der Waals surface area contributed by atoms with E-state index in [1.807, 2.05) is 91.6 Å². The lowest BCUT2D eigenvalue weighted by Crippen LogP contribution is -2.36. The Labute approximate surface area is 300 Å². The number of rotatable bonds is 14. The van der Waals surface area contributed by atoms with Gasteiger partial charge in [-0.25, -0.2) is 0 Å². The maximum absolute atomic E-state index is 11.4. The van der Waals surface area contributed by atoms with Crippen LogP contribution in [-0.2, 0) is 26.8 Å². The molecule has 2 heterocycles. The summed E-state index contributed by atoms with van der Waals surface area (Å²) >= 11 is 1.58. The molecule has 0 saturated heterocycles. The number of benzene rings is 3. The second-order valence-corrected chi connectivity index (χ2v) is 16.3. The summed E-state index contributed by atoms with van der Waals surface area (Å²) < 4.78 is 73.5. The minimum absolute atomic E-state index is 0.195. The van der Waals surface area contributed by atoms with Crippen molar-refractivity contribution in [2.75, 3.05) is 42.6 Å². The summed E-state index contributed by atoms with van der Waals surface area (Å²) in [6.07, 6.45) is 4.33. The Morgan fingerprint density at radius 2 is 1.54 bits per heavy atom. The van der Waals surface area contributed by atoms with Crippen molar-refractivity contribution >= 4 is 53.6 Å². The van der Waals surface area contributed by atoms with E-state index in [4.69, 9.17) is 4.74 Å². The Morgan fingerprint density at radius 1 is 0.880 bits per heavy atom. The Kier molecular flexibility index (Phi) is 13.8. The molecule has 0 radical (unpaired) electrons. The number of allylic oxidation sites excluding steroid dienone is 2. The third-order valence-corrected chi connectivity index (χ3v) is 11.1. The summed E-state index contributed by atoms with van der Waals surface area (Å²) in [7, 11) is -8.19. The molecule has 0 spiro atoms. The third kappa shape index (κ3) is 11.2. The highest BCUT2D eigenvalue weighted by Gasteiger charge is 2.28. The molecule has 4 aromatic rings. The number of ether oxygens (including phenoxy) is 1. The molecule has 0 bridgehead atoms. The monoisotopic (exact) mass is 742 g/mol. The predicted octanol–water partition coefficient (Wildman–Crippen LogP) is 7.21.